The molecule has 18 heavy (non-hydrogen) atoms. The van der Waals surface area contributed by atoms with Crippen molar-refractivity contribution in [2.45, 2.75) is 45.3 Å². The van der Waals surface area contributed by atoms with Crippen LogP contribution in [0.25, 0.3) is 0 Å². The molecule has 2 heterocycles. The number of hydrogen-bond donors (Lipinski definition) is 1. The van der Waals surface area contributed by atoms with Crippen LogP contribution in [0, 0.1) is 0 Å². The molecule has 1 aliphatic rings. The second-order valence-corrected chi connectivity index (χ2v) is 5.93. The fourth-order valence-corrected chi connectivity index (χ4v) is 2.50. The quantitative estimate of drug-likeness (QED) is 0.925. The molecule has 4 nitrogen and oxygen atoms in total. The standard InChI is InChI=1S/C13H21BrN4/c1-10(2)18-5-3-11(4-6-18)15-7-12-8-17-13(14)9-16-12/h8-11,15H,3-7H2,1-2H3. The monoisotopic (exact) mass is 312 g/mol. The van der Waals surface area contributed by atoms with Gasteiger partial charge < -0.3 is 10.2 Å². The van der Waals surface area contributed by atoms with Gasteiger partial charge in [-0.3, -0.25) is 4.98 Å². The number of piperidine rings is 1. The van der Waals surface area contributed by atoms with Gasteiger partial charge in [0.25, 0.3) is 0 Å². The van der Waals surface area contributed by atoms with Crippen LogP contribution in [0.4, 0.5) is 0 Å². The maximum Gasteiger partial charge on any atom is 0.124 e. The SMILES string of the molecule is CC(C)N1CCC(NCc2cnc(Br)cn2)CC1. The fourth-order valence-electron chi connectivity index (χ4n) is 2.30. The average molecular weight is 313 g/mol. The summed E-state index contributed by atoms with van der Waals surface area (Å²) in [6, 6.07) is 1.29. The third kappa shape index (κ3) is 4.00. The lowest BCUT2D eigenvalue weighted by Gasteiger charge is -2.34. The molecule has 1 N–H and O–H groups in total. The van der Waals surface area contributed by atoms with E-state index in [-0.39, 0.29) is 0 Å². The molecule has 0 saturated carbocycles. The molecule has 0 atom stereocenters. The molecule has 5 heteroatoms. The van der Waals surface area contributed by atoms with Crippen LogP contribution in [-0.2, 0) is 6.54 Å². The molecule has 0 bridgehead atoms. The van der Waals surface area contributed by atoms with E-state index in [0.29, 0.717) is 12.1 Å². The van der Waals surface area contributed by atoms with Gasteiger partial charge in [-0.2, -0.15) is 0 Å². The Hall–Kier alpha value is -0.520. The van der Waals surface area contributed by atoms with E-state index in [4.69, 9.17) is 0 Å². The Balaban J connectivity index is 1.74. The molecule has 0 amide bonds. The highest BCUT2D eigenvalue weighted by atomic mass is 79.9. The molecule has 1 aromatic rings. The molecular formula is C13H21BrN4. The lowest BCUT2D eigenvalue weighted by molar-refractivity contribution is 0.160. The number of aromatic nitrogens is 2. The van der Waals surface area contributed by atoms with Crippen molar-refractivity contribution in [3.8, 4) is 0 Å². The molecule has 1 aliphatic heterocycles. The van der Waals surface area contributed by atoms with E-state index < -0.39 is 0 Å². The van der Waals surface area contributed by atoms with Crippen molar-refractivity contribution in [2.24, 2.45) is 0 Å². The number of rotatable bonds is 4. The summed E-state index contributed by atoms with van der Waals surface area (Å²) in [6.45, 7) is 7.74. The minimum Gasteiger partial charge on any atom is -0.308 e. The molecule has 0 aliphatic carbocycles. The summed E-state index contributed by atoms with van der Waals surface area (Å²) in [5.41, 5.74) is 1.00. The Morgan fingerprint density at radius 2 is 2.06 bits per heavy atom. The average Bonchev–Trinajstić information content (AvgIpc) is 2.38. The lowest BCUT2D eigenvalue weighted by atomic mass is 10.0. The smallest absolute Gasteiger partial charge is 0.124 e. The lowest BCUT2D eigenvalue weighted by Crippen LogP contribution is -2.44. The van der Waals surface area contributed by atoms with E-state index in [1.807, 2.05) is 6.20 Å². The molecule has 100 valence electrons. The van der Waals surface area contributed by atoms with Crippen molar-refractivity contribution in [1.82, 2.24) is 20.2 Å². The highest BCUT2D eigenvalue weighted by Crippen LogP contribution is 2.13. The minimum atomic E-state index is 0.616. The Morgan fingerprint density at radius 1 is 1.33 bits per heavy atom. The Kier molecular flexibility index (Phi) is 5.09. The van der Waals surface area contributed by atoms with Gasteiger partial charge in [-0.25, -0.2) is 4.98 Å². The highest BCUT2D eigenvalue weighted by molar-refractivity contribution is 9.10. The summed E-state index contributed by atoms with van der Waals surface area (Å²) in [4.78, 5) is 11.0. The van der Waals surface area contributed by atoms with Gasteiger partial charge in [0.15, 0.2) is 0 Å². The first-order valence-electron chi connectivity index (χ1n) is 6.59. The number of likely N-dealkylation sites (tertiary alicyclic amines) is 1. The fraction of sp³-hybridized carbons (Fsp3) is 0.692. The number of nitrogens with one attached hydrogen (secondary N) is 1. The summed E-state index contributed by atoms with van der Waals surface area (Å²) in [6.07, 6.45) is 6.02. The van der Waals surface area contributed by atoms with Crippen LogP contribution in [0.1, 0.15) is 32.4 Å². The van der Waals surface area contributed by atoms with Crippen LogP contribution >= 0.6 is 15.9 Å². The predicted octanol–water partition coefficient (Wildman–Crippen LogP) is 2.20. The molecule has 0 spiro atoms. The van der Waals surface area contributed by atoms with Gasteiger partial charge in [-0.1, -0.05) is 0 Å². The second-order valence-electron chi connectivity index (χ2n) is 5.12. The number of halogens is 1. The molecule has 1 saturated heterocycles. The van der Waals surface area contributed by atoms with Gasteiger partial charge in [-0.05, 0) is 55.7 Å². The molecular weight excluding hydrogens is 292 g/mol. The van der Waals surface area contributed by atoms with Gasteiger partial charge in [0.2, 0.25) is 0 Å². The number of nitrogens with zero attached hydrogens (tertiary/aromatic N) is 3. The summed E-state index contributed by atoms with van der Waals surface area (Å²) >= 11 is 3.29. The zero-order chi connectivity index (χ0) is 13.0. The van der Waals surface area contributed by atoms with Gasteiger partial charge in [-0.15, -0.1) is 0 Å². The van der Waals surface area contributed by atoms with Crippen LogP contribution < -0.4 is 5.32 Å². The summed E-state index contributed by atoms with van der Waals surface area (Å²) in [5, 5.41) is 3.57. The van der Waals surface area contributed by atoms with E-state index >= 15 is 0 Å². The third-order valence-electron chi connectivity index (χ3n) is 3.51. The van der Waals surface area contributed by atoms with Crippen LogP contribution in [0.3, 0.4) is 0 Å². The van der Waals surface area contributed by atoms with Gasteiger partial charge in [0.05, 0.1) is 18.1 Å². The molecule has 2 rings (SSSR count). The molecule has 0 radical (unpaired) electrons. The topological polar surface area (TPSA) is 41.0 Å². The maximum atomic E-state index is 4.32. The molecule has 0 unspecified atom stereocenters. The Bertz CT molecular complexity index is 358. The largest absolute Gasteiger partial charge is 0.308 e. The maximum absolute atomic E-state index is 4.32. The van der Waals surface area contributed by atoms with Crippen molar-refractivity contribution in [2.75, 3.05) is 13.1 Å². The first-order chi connectivity index (χ1) is 8.65. The van der Waals surface area contributed by atoms with Crippen molar-refractivity contribution >= 4 is 15.9 Å². The third-order valence-corrected chi connectivity index (χ3v) is 3.92. The van der Waals surface area contributed by atoms with E-state index in [1.165, 1.54) is 25.9 Å². The Morgan fingerprint density at radius 3 is 2.61 bits per heavy atom. The van der Waals surface area contributed by atoms with Crippen LogP contribution in [0.5, 0.6) is 0 Å². The summed E-state index contributed by atoms with van der Waals surface area (Å²) in [5.74, 6) is 0. The van der Waals surface area contributed by atoms with E-state index in [9.17, 15) is 0 Å². The van der Waals surface area contributed by atoms with Gasteiger partial charge in [0, 0.05) is 18.6 Å². The molecule has 1 aromatic heterocycles. The van der Waals surface area contributed by atoms with Crippen LogP contribution in [0.2, 0.25) is 0 Å². The Labute approximate surface area is 117 Å². The van der Waals surface area contributed by atoms with Crippen molar-refractivity contribution < 1.29 is 0 Å². The number of hydrogen-bond acceptors (Lipinski definition) is 4. The molecule has 1 fully saturated rings. The first kappa shape index (κ1) is 13.9. The van der Waals surface area contributed by atoms with Crippen LogP contribution in [-0.4, -0.2) is 40.0 Å². The zero-order valence-electron chi connectivity index (χ0n) is 11.1. The van der Waals surface area contributed by atoms with Crippen LogP contribution in [0.15, 0.2) is 17.0 Å². The predicted molar refractivity (Wildman–Crippen MR) is 76.3 cm³/mol. The van der Waals surface area contributed by atoms with Crippen molar-refractivity contribution in [1.29, 1.82) is 0 Å². The first-order valence-corrected chi connectivity index (χ1v) is 7.38. The normalized spacial score (nSPS) is 18.4. The van der Waals surface area contributed by atoms with E-state index in [0.717, 1.165) is 16.8 Å². The van der Waals surface area contributed by atoms with Gasteiger partial charge >= 0.3 is 0 Å². The second kappa shape index (κ2) is 6.59. The summed E-state index contributed by atoms with van der Waals surface area (Å²) in [7, 11) is 0. The van der Waals surface area contributed by atoms with E-state index in [2.05, 4.69) is 50.0 Å². The molecule has 0 aromatic carbocycles. The highest BCUT2D eigenvalue weighted by Gasteiger charge is 2.20. The minimum absolute atomic E-state index is 0.616. The zero-order valence-corrected chi connectivity index (χ0v) is 12.7. The van der Waals surface area contributed by atoms with E-state index in [1.54, 1.807) is 6.20 Å². The summed E-state index contributed by atoms with van der Waals surface area (Å²) < 4.78 is 0.788. The van der Waals surface area contributed by atoms with Crippen molar-refractivity contribution in [3.63, 3.8) is 0 Å². The van der Waals surface area contributed by atoms with Crippen molar-refractivity contribution in [3.05, 3.63) is 22.7 Å². The van der Waals surface area contributed by atoms with Gasteiger partial charge in [0.1, 0.15) is 4.60 Å².